The van der Waals surface area contributed by atoms with Crippen LogP contribution < -0.4 is 5.73 Å². The van der Waals surface area contributed by atoms with Crippen LogP contribution >= 0.6 is 0 Å². The highest BCUT2D eigenvalue weighted by molar-refractivity contribution is 7.80. The van der Waals surface area contributed by atoms with Gasteiger partial charge in [0.1, 0.15) is 6.67 Å². The van der Waals surface area contributed by atoms with Gasteiger partial charge in [-0.05, 0) is 20.3 Å². The van der Waals surface area contributed by atoms with Crippen molar-refractivity contribution in [2.75, 3.05) is 33.4 Å². The van der Waals surface area contributed by atoms with Gasteiger partial charge in [-0.3, -0.25) is 9.92 Å². The van der Waals surface area contributed by atoms with E-state index < -0.39 is 10.4 Å². The van der Waals surface area contributed by atoms with Gasteiger partial charge in [-0.2, -0.15) is 0 Å². The van der Waals surface area contributed by atoms with E-state index in [1.54, 1.807) is 0 Å². The van der Waals surface area contributed by atoms with Crippen LogP contribution in [0.2, 0.25) is 0 Å². The molecular formula is C9H24N2O4S. The minimum Gasteiger partial charge on any atom is -0.726 e. The number of hydrogen-bond donors (Lipinski definition) is 1. The van der Waals surface area contributed by atoms with E-state index in [-0.39, 0.29) is 6.61 Å². The van der Waals surface area contributed by atoms with Gasteiger partial charge in [-0.15, -0.1) is 0 Å². The molecule has 0 saturated heterocycles. The van der Waals surface area contributed by atoms with Crippen molar-refractivity contribution in [1.29, 1.82) is 0 Å². The average Bonchev–Trinajstić information content (AvgIpc) is 2.17. The van der Waals surface area contributed by atoms with Crippen molar-refractivity contribution in [3.63, 3.8) is 0 Å². The molecule has 0 fully saturated rings. The molecular weight excluding hydrogens is 232 g/mol. The largest absolute Gasteiger partial charge is 0.726 e. The van der Waals surface area contributed by atoms with E-state index >= 15 is 0 Å². The highest BCUT2D eigenvalue weighted by Crippen LogP contribution is 1.98. The molecule has 0 aromatic carbocycles. The minimum absolute atomic E-state index is 0.0914. The van der Waals surface area contributed by atoms with Crippen molar-refractivity contribution < 1.29 is 21.6 Å². The first-order valence-corrected chi connectivity index (χ1v) is 6.71. The second-order valence-electron chi connectivity index (χ2n) is 3.66. The lowest BCUT2D eigenvalue weighted by Gasteiger charge is -2.30. The molecule has 1 atom stereocenters. The van der Waals surface area contributed by atoms with Crippen molar-refractivity contribution in [2.45, 2.75) is 27.2 Å². The Labute approximate surface area is 98.9 Å². The van der Waals surface area contributed by atoms with Crippen molar-refractivity contribution in [2.24, 2.45) is 5.73 Å². The summed E-state index contributed by atoms with van der Waals surface area (Å²) in [6, 6.07) is 0. The lowest BCUT2D eigenvalue weighted by atomic mass is 10.4. The highest BCUT2D eigenvalue weighted by atomic mass is 32.3. The van der Waals surface area contributed by atoms with Gasteiger partial charge in [0, 0.05) is 0 Å². The van der Waals surface area contributed by atoms with E-state index in [9.17, 15) is 13.0 Å². The van der Waals surface area contributed by atoms with Crippen LogP contribution in [-0.4, -0.2) is 50.9 Å². The van der Waals surface area contributed by atoms with E-state index in [2.05, 4.69) is 25.1 Å². The van der Waals surface area contributed by atoms with Crippen LogP contribution in [0.5, 0.6) is 0 Å². The molecule has 0 aliphatic carbocycles. The Morgan fingerprint density at radius 2 is 1.81 bits per heavy atom. The lowest BCUT2D eigenvalue weighted by Crippen LogP contribution is -2.48. The van der Waals surface area contributed by atoms with Crippen LogP contribution in [0, 0.1) is 0 Å². The molecule has 0 aromatic heterocycles. The second kappa shape index (κ2) is 8.89. The maximum atomic E-state index is 9.45. The molecule has 2 N–H and O–H groups in total. The van der Waals surface area contributed by atoms with Gasteiger partial charge in [-0.1, -0.05) is 6.92 Å². The van der Waals surface area contributed by atoms with Gasteiger partial charge in [0.2, 0.25) is 10.4 Å². The summed E-state index contributed by atoms with van der Waals surface area (Å²) in [7, 11) is -2.23. The fourth-order valence-corrected chi connectivity index (χ4v) is 1.35. The third kappa shape index (κ3) is 11.9. The Bertz CT molecular complexity index is 250. The van der Waals surface area contributed by atoms with Gasteiger partial charge in [0.05, 0.1) is 26.7 Å². The number of nitrogens with two attached hydrogens (primary N) is 1. The third-order valence-corrected chi connectivity index (χ3v) is 2.75. The monoisotopic (exact) mass is 256 g/mol. The summed E-state index contributed by atoms with van der Waals surface area (Å²) in [5.41, 5.74) is 5.58. The van der Waals surface area contributed by atoms with Gasteiger partial charge < -0.3 is 9.04 Å². The third-order valence-electron chi connectivity index (χ3n) is 2.23. The minimum atomic E-state index is -4.42. The number of quaternary nitrogens is 1. The van der Waals surface area contributed by atoms with Gasteiger partial charge >= 0.3 is 0 Å². The fraction of sp³-hybridized carbons (Fsp3) is 1.00. The first-order valence-electron chi connectivity index (χ1n) is 5.38. The zero-order chi connectivity index (χ0) is 13.2. The van der Waals surface area contributed by atoms with Crippen LogP contribution in [0.4, 0.5) is 0 Å². The summed E-state index contributed by atoms with van der Waals surface area (Å²) in [6.45, 7) is 8.83. The van der Waals surface area contributed by atoms with Crippen molar-refractivity contribution in [1.82, 2.24) is 0 Å². The summed E-state index contributed by atoms with van der Waals surface area (Å²) >= 11 is 0. The number of nitrogens with zero attached hydrogens (tertiary/aromatic N) is 1. The SMILES string of the molecule is CCC[N+](C)(CC)CN.CCOS(=O)(=O)[O-]. The lowest BCUT2D eigenvalue weighted by molar-refractivity contribution is -0.907. The fourth-order valence-electron chi connectivity index (χ4n) is 1.06. The Morgan fingerprint density at radius 3 is 1.88 bits per heavy atom. The van der Waals surface area contributed by atoms with E-state index in [1.807, 2.05) is 0 Å². The summed E-state index contributed by atoms with van der Waals surface area (Å²) in [6.07, 6.45) is 1.22. The molecule has 1 unspecified atom stereocenters. The van der Waals surface area contributed by atoms with Crippen LogP contribution in [-0.2, 0) is 14.6 Å². The summed E-state index contributed by atoms with van der Waals surface area (Å²) in [5, 5.41) is 0. The molecule has 16 heavy (non-hydrogen) atoms. The van der Waals surface area contributed by atoms with Crippen LogP contribution in [0.25, 0.3) is 0 Å². The Balaban J connectivity index is 0. The quantitative estimate of drug-likeness (QED) is 0.318. The molecule has 0 rings (SSSR count). The van der Waals surface area contributed by atoms with E-state index in [1.165, 1.54) is 19.9 Å². The molecule has 0 amide bonds. The highest BCUT2D eigenvalue weighted by Gasteiger charge is 2.13. The molecule has 0 spiro atoms. The smallest absolute Gasteiger partial charge is 0.217 e. The normalized spacial score (nSPS) is 14.9. The van der Waals surface area contributed by atoms with Crippen molar-refractivity contribution in [3.8, 4) is 0 Å². The predicted molar refractivity (Wildman–Crippen MR) is 62.3 cm³/mol. The topological polar surface area (TPSA) is 92.5 Å². The first kappa shape index (κ1) is 18.2. The molecule has 0 heterocycles. The summed E-state index contributed by atoms with van der Waals surface area (Å²) in [4.78, 5) is 0. The van der Waals surface area contributed by atoms with Gasteiger partial charge in [0.25, 0.3) is 0 Å². The van der Waals surface area contributed by atoms with E-state index in [0.717, 1.165) is 17.7 Å². The maximum Gasteiger partial charge on any atom is 0.217 e. The van der Waals surface area contributed by atoms with Gasteiger partial charge in [-0.25, -0.2) is 8.42 Å². The maximum absolute atomic E-state index is 9.45. The average molecular weight is 256 g/mol. The molecule has 7 heteroatoms. The molecule has 0 aliphatic heterocycles. The molecule has 0 radical (unpaired) electrons. The zero-order valence-electron chi connectivity index (χ0n) is 10.6. The first-order chi connectivity index (χ1) is 7.24. The van der Waals surface area contributed by atoms with E-state index in [4.69, 9.17) is 5.73 Å². The summed E-state index contributed by atoms with van der Waals surface area (Å²) < 4.78 is 33.0. The van der Waals surface area contributed by atoms with Crippen molar-refractivity contribution in [3.05, 3.63) is 0 Å². The Hall–Kier alpha value is -0.210. The molecule has 0 aromatic rings. The van der Waals surface area contributed by atoms with Gasteiger partial charge in [0.15, 0.2) is 0 Å². The second-order valence-corrected chi connectivity index (χ2v) is 4.71. The van der Waals surface area contributed by atoms with Crippen LogP contribution in [0.3, 0.4) is 0 Å². The Morgan fingerprint density at radius 1 is 1.31 bits per heavy atom. The zero-order valence-corrected chi connectivity index (χ0v) is 11.4. The molecule has 0 saturated carbocycles. The standard InChI is InChI=1S/C7H19N2.C2H6O4S/c1-4-6-9(3,5-2)7-8;1-2-6-7(3,4)5/h4-8H2,1-3H3;2H2,1H3,(H,3,4,5)/q+1;/p-1. The predicted octanol–water partition coefficient (Wildman–Crippen LogP) is 0.262. The molecule has 100 valence electrons. The van der Waals surface area contributed by atoms with Crippen LogP contribution in [0.1, 0.15) is 27.2 Å². The van der Waals surface area contributed by atoms with Crippen LogP contribution in [0.15, 0.2) is 0 Å². The summed E-state index contributed by atoms with van der Waals surface area (Å²) in [5.74, 6) is 0. The number of hydrogen-bond acceptors (Lipinski definition) is 5. The molecule has 0 aliphatic rings. The number of rotatable bonds is 6. The molecule has 6 nitrogen and oxygen atoms in total. The van der Waals surface area contributed by atoms with E-state index in [0.29, 0.717) is 0 Å². The van der Waals surface area contributed by atoms with Crippen molar-refractivity contribution >= 4 is 10.4 Å². The Kier molecular flexibility index (Phi) is 10.1. The molecule has 0 bridgehead atoms.